The zero-order chi connectivity index (χ0) is 11.3. The molecule has 1 rings (SSSR count). The van der Waals surface area contributed by atoms with Gasteiger partial charge < -0.3 is 10.4 Å². The Balaban J connectivity index is 3.02. The summed E-state index contributed by atoms with van der Waals surface area (Å²) in [4.78, 5) is 34.7. The van der Waals surface area contributed by atoms with Crippen molar-refractivity contribution in [2.75, 3.05) is 5.32 Å². The van der Waals surface area contributed by atoms with Crippen LogP contribution in [0.2, 0.25) is 0 Å². The molecular weight excluding hydrogens is 202 g/mol. The molecule has 0 saturated carbocycles. The molecule has 2 N–H and O–H groups in total. The van der Waals surface area contributed by atoms with Crippen LogP contribution in [0, 0.1) is 4.91 Å². The van der Waals surface area contributed by atoms with Gasteiger partial charge in [0.2, 0.25) is 12.5 Å². The molecular formula is C8H7N3O4. The third kappa shape index (κ3) is 2.56. The van der Waals surface area contributed by atoms with E-state index in [0.29, 0.717) is 6.41 Å². The summed E-state index contributed by atoms with van der Waals surface area (Å²) in [6, 6.07) is 2.71. The number of aliphatic carboxylic acids is 1. The number of carboxylic acid groups (broad SMARTS) is 1. The fraction of sp³-hybridized carbons (Fsp3) is 0.125. The molecule has 0 radical (unpaired) electrons. The topological polar surface area (TPSA) is 109 Å². The van der Waals surface area contributed by atoms with E-state index in [1.54, 1.807) is 0 Å². The van der Waals surface area contributed by atoms with E-state index in [1.807, 2.05) is 0 Å². The average molecular weight is 209 g/mol. The van der Waals surface area contributed by atoms with E-state index in [9.17, 15) is 14.5 Å². The number of nitrogens with one attached hydrogen (secondary N) is 1. The lowest BCUT2D eigenvalue weighted by atomic mass is 10.2. The van der Waals surface area contributed by atoms with E-state index in [0.717, 1.165) is 0 Å². The molecule has 0 fully saturated rings. The molecule has 7 nitrogen and oxygen atoms in total. The minimum Gasteiger partial charge on any atom is -0.479 e. The molecule has 1 aromatic heterocycles. The second kappa shape index (κ2) is 4.80. The molecule has 15 heavy (non-hydrogen) atoms. The fourth-order valence-electron chi connectivity index (χ4n) is 0.970. The van der Waals surface area contributed by atoms with Gasteiger partial charge >= 0.3 is 5.97 Å². The van der Waals surface area contributed by atoms with Gasteiger partial charge in [-0.05, 0) is 17.3 Å². The summed E-state index contributed by atoms with van der Waals surface area (Å²) in [5, 5.41) is 13.3. The first-order valence-electron chi connectivity index (χ1n) is 3.91. The van der Waals surface area contributed by atoms with Crippen LogP contribution in [0.15, 0.2) is 23.4 Å². The van der Waals surface area contributed by atoms with Crippen molar-refractivity contribution >= 4 is 18.2 Å². The van der Waals surface area contributed by atoms with Gasteiger partial charge in [0, 0.05) is 0 Å². The Hall–Kier alpha value is -2.31. The lowest BCUT2D eigenvalue weighted by Crippen LogP contribution is -2.11. The number of anilines is 1. The van der Waals surface area contributed by atoms with E-state index in [-0.39, 0.29) is 11.5 Å². The Morgan fingerprint density at radius 1 is 1.60 bits per heavy atom. The number of hydrogen-bond donors (Lipinski definition) is 2. The third-order valence-corrected chi connectivity index (χ3v) is 1.60. The van der Waals surface area contributed by atoms with Crippen LogP contribution >= 0.6 is 0 Å². The number of carbonyl (C=O) groups excluding carboxylic acids is 1. The first-order chi connectivity index (χ1) is 7.19. The number of carboxylic acids is 1. The van der Waals surface area contributed by atoms with Gasteiger partial charge in [-0.15, -0.1) is 4.91 Å². The summed E-state index contributed by atoms with van der Waals surface area (Å²) in [5.74, 6) is -1.22. The van der Waals surface area contributed by atoms with Crippen molar-refractivity contribution in [2.45, 2.75) is 6.04 Å². The second-order valence-electron chi connectivity index (χ2n) is 2.56. The normalized spacial score (nSPS) is 11.5. The maximum absolute atomic E-state index is 10.6. The smallest absolute Gasteiger partial charge is 0.338 e. The Labute approximate surface area is 84.1 Å². The van der Waals surface area contributed by atoms with Gasteiger partial charge in [-0.2, -0.15) is 0 Å². The second-order valence-corrected chi connectivity index (χ2v) is 2.56. The molecule has 78 valence electrons. The number of nitroso groups, excluding NO2 is 1. The van der Waals surface area contributed by atoms with Crippen molar-refractivity contribution in [1.29, 1.82) is 0 Å². The molecule has 1 heterocycles. The van der Waals surface area contributed by atoms with Crippen LogP contribution < -0.4 is 5.32 Å². The van der Waals surface area contributed by atoms with E-state index < -0.39 is 12.0 Å². The highest BCUT2D eigenvalue weighted by atomic mass is 16.4. The predicted octanol–water partition coefficient (Wildman–Crippen LogP) is 0.542. The van der Waals surface area contributed by atoms with E-state index in [1.165, 1.54) is 18.2 Å². The summed E-state index contributed by atoms with van der Waals surface area (Å²) in [7, 11) is 0. The number of hydrogen-bond acceptors (Lipinski definition) is 5. The number of rotatable bonds is 5. The summed E-state index contributed by atoms with van der Waals surface area (Å²) >= 11 is 0. The molecule has 0 aliphatic heterocycles. The van der Waals surface area contributed by atoms with Gasteiger partial charge in [0.15, 0.2) is 0 Å². The number of carbonyl (C=O) groups is 2. The molecule has 0 bridgehead atoms. The van der Waals surface area contributed by atoms with Gasteiger partial charge in [0.1, 0.15) is 5.82 Å². The Bertz CT molecular complexity index is 393. The van der Waals surface area contributed by atoms with Crippen LogP contribution in [0.25, 0.3) is 0 Å². The number of nitrogens with zero attached hydrogens (tertiary/aromatic N) is 2. The lowest BCUT2D eigenvalue weighted by Gasteiger charge is -2.04. The molecule has 1 aromatic rings. The van der Waals surface area contributed by atoms with Crippen molar-refractivity contribution in [1.82, 2.24) is 4.98 Å². The third-order valence-electron chi connectivity index (χ3n) is 1.60. The Morgan fingerprint density at radius 2 is 2.33 bits per heavy atom. The van der Waals surface area contributed by atoms with Crippen LogP contribution in [-0.2, 0) is 9.59 Å². The zero-order valence-corrected chi connectivity index (χ0v) is 7.45. The highest BCUT2D eigenvalue weighted by Crippen LogP contribution is 2.16. The quantitative estimate of drug-likeness (QED) is 0.543. The summed E-state index contributed by atoms with van der Waals surface area (Å²) in [6.45, 7) is 0. The molecule has 0 aliphatic carbocycles. The standard InChI is InChI=1S/C8H7N3O4/c12-4-9-6-3-1-2-5(10-6)7(11-15)8(13)14/h1-4,7H,(H,13,14)(H,9,10,12). The molecule has 1 amide bonds. The van der Waals surface area contributed by atoms with Gasteiger partial charge in [0.05, 0.1) is 5.69 Å². The van der Waals surface area contributed by atoms with Crippen molar-refractivity contribution in [3.8, 4) is 0 Å². The summed E-state index contributed by atoms with van der Waals surface area (Å²) in [6.07, 6.45) is 0.399. The average Bonchev–Trinajstić information content (AvgIpc) is 2.19. The molecule has 0 aromatic carbocycles. The van der Waals surface area contributed by atoms with Crippen molar-refractivity contribution < 1.29 is 14.7 Å². The van der Waals surface area contributed by atoms with E-state index >= 15 is 0 Å². The zero-order valence-electron chi connectivity index (χ0n) is 7.45. The van der Waals surface area contributed by atoms with Gasteiger partial charge in [-0.1, -0.05) is 6.07 Å². The Kier molecular flexibility index (Phi) is 3.44. The Morgan fingerprint density at radius 3 is 2.87 bits per heavy atom. The summed E-state index contributed by atoms with van der Waals surface area (Å²) < 4.78 is 0. The maximum atomic E-state index is 10.6. The monoisotopic (exact) mass is 209 g/mol. The largest absolute Gasteiger partial charge is 0.479 e. The molecule has 0 saturated heterocycles. The minimum absolute atomic E-state index is 0.0237. The van der Waals surface area contributed by atoms with Crippen LogP contribution in [0.3, 0.4) is 0 Å². The SMILES string of the molecule is O=CNc1cccc(C(N=O)C(=O)O)n1. The number of pyridine rings is 1. The van der Waals surface area contributed by atoms with Gasteiger partial charge in [-0.3, -0.25) is 4.79 Å². The van der Waals surface area contributed by atoms with E-state index in [2.05, 4.69) is 15.5 Å². The minimum atomic E-state index is -1.56. The highest BCUT2D eigenvalue weighted by molar-refractivity contribution is 5.75. The molecule has 0 aliphatic rings. The number of amides is 1. The predicted molar refractivity (Wildman–Crippen MR) is 50.1 cm³/mol. The molecule has 1 atom stereocenters. The summed E-state index contributed by atoms with van der Waals surface area (Å²) in [5.41, 5.74) is -0.0237. The van der Waals surface area contributed by atoms with Gasteiger partial charge in [0.25, 0.3) is 0 Å². The van der Waals surface area contributed by atoms with Crippen molar-refractivity contribution in [3.05, 3.63) is 28.8 Å². The highest BCUT2D eigenvalue weighted by Gasteiger charge is 2.22. The van der Waals surface area contributed by atoms with Crippen molar-refractivity contribution in [3.63, 3.8) is 0 Å². The number of aromatic nitrogens is 1. The molecule has 1 unspecified atom stereocenters. The lowest BCUT2D eigenvalue weighted by molar-refractivity contribution is -0.138. The fourth-order valence-corrected chi connectivity index (χ4v) is 0.970. The van der Waals surface area contributed by atoms with Crippen molar-refractivity contribution in [2.24, 2.45) is 5.18 Å². The van der Waals surface area contributed by atoms with Crippen LogP contribution in [-0.4, -0.2) is 22.5 Å². The van der Waals surface area contributed by atoms with Gasteiger partial charge in [-0.25, -0.2) is 9.78 Å². The first kappa shape index (κ1) is 10.8. The van der Waals surface area contributed by atoms with Crippen LogP contribution in [0.1, 0.15) is 11.7 Å². The first-order valence-corrected chi connectivity index (χ1v) is 3.91. The maximum Gasteiger partial charge on any atom is 0.338 e. The molecule has 7 heteroatoms. The van der Waals surface area contributed by atoms with E-state index in [4.69, 9.17) is 5.11 Å². The van der Waals surface area contributed by atoms with Crippen LogP contribution in [0.5, 0.6) is 0 Å². The molecule has 0 spiro atoms. The van der Waals surface area contributed by atoms with Crippen LogP contribution in [0.4, 0.5) is 5.82 Å².